The van der Waals surface area contributed by atoms with Crippen molar-refractivity contribution in [2.45, 2.75) is 25.2 Å². The maximum atomic E-state index is 13.5. The van der Waals surface area contributed by atoms with Gasteiger partial charge in [0.2, 0.25) is 0 Å². The first-order valence-corrected chi connectivity index (χ1v) is 5.99. The number of nitrogens with one attached hydrogen (secondary N) is 1. The zero-order chi connectivity index (χ0) is 13.1. The number of halogens is 3. The molecule has 1 aromatic rings. The largest absolute Gasteiger partial charge is 0.496 e. The predicted octanol–water partition coefficient (Wildman–Crippen LogP) is 3.24. The Morgan fingerprint density at radius 3 is 2.72 bits per heavy atom. The highest BCUT2D eigenvalue weighted by atomic mass is 19.3. The Bertz CT molecular complexity index is 417. The van der Waals surface area contributed by atoms with Gasteiger partial charge in [-0.05, 0) is 31.5 Å². The van der Waals surface area contributed by atoms with Crippen LogP contribution in [0, 0.1) is 5.82 Å². The standard InChI is InChI=1S/C13H16F3NO/c1-18-12-10(8-3-2-4-17-7-8)5-9(14)6-11(12)13(15)16/h5-6,8,13,17H,2-4,7H2,1H3. The minimum atomic E-state index is -2.73. The predicted molar refractivity (Wildman–Crippen MR) is 62.8 cm³/mol. The minimum Gasteiger partial charge on any atom is -0.496 e. The van der Waals surface area contributed by atoms with Crippen molar-refractivity contribution in [3.8, 4) is 5.75 Å². The summed E-state index contributed by atoms with van der Waals surface area (Å²) in [5.41, 5.74) is 0.179. The molecule has 0 spiro atoms. The fourth-order valence-electron chi connectivity index (χ4n) is 2.45. The van der Waals surface area contributed by atoms with Crippen LogP contribution in [-0.4, -0.2) is 20.2 Å². The summed E-state index contributed by atoms with van der Waals surface area (Å²) in [6, 6.07) is 2.16. The monoisotopic (exact) mass is 259 g/mol. The first kappa shape index (κ1) is 13.2. The molecule has 0 radical (unpaired) electrons. The van der Waals surface area contributed by atoms with Crippen LogP contribution in [0.5, 0.6) is 5.75 Å². The molecule has 0 saturated carbocycles. The van der Waals surface area contributed by atoms with E-state index in [0.717, 1.165) is 25.5 Å². The number of hydrogen-bond donors (Lipinski definition) is 1. The topological polar surface area (TPSA) is 21.3 Å². The number of ether oxygens (including phenoxy) is 1. The zero-order valence-electron chi connectivity index (χ0n) is 10.2. The van der Waals surface area contributed by atoms with Gasteiger partial charge in [-0.3, -0.25) is 0 Å². The Hall–Kier alpha value is -1.23. The van der Waals surface area contributed by atoms with Crippen LogP contribution < -0.4 is 10.1 Å². The van der Waals surface area contributed by atoms with Gasteiger partial charge in [-0.2, -0.15) is 0 Å². The fraction of sp³-hybridized carbons (Fsp3) is 0.538. The molecule has 1 heterocycles. The van der Waals surface area contributed by atoms with E-state index in [4.69, 9.17) is 4.74 Å². The summed E-state index contributed by atoms with van der Waals surface area (Å²) in [6.07, 6.45) is -0.921. The summed E-state index contributed by atoms with van der Waals surface area (Å²) in [5, 5.41) is 3.19. The molecule has 1 fully saturated rings. The SMILES string of the molecule is COc1c(C(F)F)cc(F)cc1C1CCCNC1. The lowest BCUT2D eigenvalue weighted by Gasteiger charge is -2.25. The number of hydrogen-bond acceptors (Lipinski definition) is 2. The van der Waals surface area contributed by atoms with Gasteiger partial charge >= 0.3 is 0 Å². The van der Waals surface area contributed by atoms with E-state index in [-0.39, 0.29) is 17.2 Å². The van der Waals surface area contributed by atoms with E-state index < -0.39 is 12.2 Å². The van der Waals surface area contributed by atoms with Crippen LogP contribution in [0.1, 0.15) is 36.3 Å². The molecule has 2 nitrogen and oxygen atoms in total. The molecule has 0 aliphatic carbocycles. The molecule has 1 aromatic carbocycles. The number of rotatable bonds is 3. The van der Waals surface area contributed by atoms with Gasteiger partial charge in [-0.1, -0.05) is 0 Å². The average molecular weight is 259 g/mol. The van der Waals surface area contributed by atoms with Crippen LogP contribution in [-0.2, 0) is 0 Å². The molecule has 0 aromatic heterocycles. The molecule has 0 bridgehead atoms. The highest BCUT2D eigenvalue weighted by Gasteiger charge is 2.25. The van der Waals surface area contributed by atoms with Crippen molar-refractivity contribution in [3.05, 3.63) is 29.1 Å². The van der Waals surface area contributed by atoms with Gasteiger partial charge in [0.25, 0.3) is 6.43 Å². The highest BCUT2D eigenvalue weighted by Crippen LogP contribution is 2.38. The van der Waals surface area contributed by atoms with E-state index in [1.165, 1.54) is 13.2 Å². The second kappa shape index (κ2) is 5.61. The van der Waals surface area contributed by atoms with Crippen molar-refractivity contribution in [1.29, 1.82) is 0 Å². The Labute approximate surface area is 104 Å². The van der Waals surface area contributed by atoms with Crippen LogP contribution in [0.2, 0.25) is 0 Å². The molecule has 1 saturated heterocycles. The van der Waals surface area contributed by atoms with Crippen molar-refractivity contribution < 1.29 is 17.9 Å². The average Bonchev–Trinajstić information content (AvgIpc) is 2.38. The second-order valence-electron chi connectivity index (χ2n) is 4.46. The lowest BCUT2D eigenvalue weighted by atomic mass is 9.89. The summed E-state index contributed by atoms with van der Waals surface area (Å²) in [7, 11) is 1.35. The quantitative estimate of drug-likeness (QED) is 0.899. The van der Waals surface area contributed by atoms with E-state index >= 15 is 0 Å². The first-order chi connectivity index (χ1) is 8.63. The van der Waals surface area contributed by atoms with Gasteiger partial charge in [-0.25, -0.2) is 13.2 Å². The van der Waals surface area contributed by atoms with Crippen molar-refractivity contribution in [2.75, 3.05) is 20.2 Å². The first-order valence-electron chi connectivity index (χ1n) is 5.99. The normalized spacial score (nSPS) is 20.2. The molecule has 1 aliphatic heterocycles. The van der Waals surface area contributed by atoms with Crippen LogP contribution in [0.25, 0.3) is 0 Å². The van der Waals surface area contributed by atoms with Crippen molar-refractivity contribution in [1.82, 2.24) is 5.32 Å². The number of methoxy groups -OCH3 is 1. The molecular weight excluding hydrogens is 243 g/mol. The third kappa shape index (κ3) is 2.61. The molecule has 0 amide bonds. The minimum absolute atomic E-state index is 0.0295. The third-order valence-electron chi connectivity index (χ3n) is 3.29. The zero-order valence-corrected chi connectivity index (χ0v) is 10.2. The summed E-state index contributed by atoms with van der Waals surface area (Å²) >= 11 is 0. The molecule has 5 heteroatoms. The Kier molecular flexibility index (Phi) is 4.11. The fourth-order valence-corrected chi connectivity index (χ4v) is 2.45. The third-order valence-corrected chi connectivity index (χ3v) is 3.29. The molecule has 2 rings (SSSR count). The Balaban J connectivity index is 2.43. The van der Waals surface area contributed by atoms with E-state index in [1.807, 2.05) is 0 Å². The van der Waals surface area contributed by atoms with Crippen molar-refractivity contribution in [2.24, 2.45) is 0 Å². The summed E-state index contributed by atoms with van der Waals surface area (Å²) in [4.78, 5) is 0. The molecule has 1 N–H and O–H groups in total. The maximum absolute atomic E-state index is 13.5. The van der Waals surface area contributed by atoms with E-state index in [2.05, 4.69) is 5.32 Å². The van der Waals surface area contributed by atoms with Crippen LogP contribution >= 0.6 is 0 Å². The van der Waals surface area contributed by atoms with Gasteiger partial charge in [0, 0.05) is 18.0 Å². The van der Waals surface area contributed by atoms with E-state index in [1.54, 1.807) is 0 Å². The van der Waals surface area contributed by atoms with Gasteiger partial charge < -0.3 is 10.1 Å². The lowest BCUT2D eigenvalue weighted by molar-refractivity contribution is 0.146. The van der Waals surface area contributed by atoms with Crippen LogP contribution in [0.3, 0.4) is 0 Å². The Morgan fingerprint density at radius 1 is 1.39 bits per heavy atom. The Morgan fingerprint density at radius 2 is 2.17 bits per heavy atom. The smallest absolute Gasteiger partial charge is 0.267 e. The molecule has 1 aliphatic rings. The molecule has 18 heavy (non-hydrogen) atoms. The van der Waals surface area contributed by atoms with Gasteiger partial charge in [0.1, 0.15) is 11.6 Å². The van der Waals surface area contributed by atoms with Gasteiger partial charge in [0.05, 0.1) is 12.7 Å². The van der Waals surface area contributed by atoms with Crippen LogP contribution in [0.4, 0.5) is 13.2 Å². The molecular formula is C13H16F3NO. The summed E-state index contributed by atoms with van der Waals surface area (Å²) in [5.74, 6) is -0.478. The van der Waals surface area contributed by atoms with Crippen molar-refractivity contribution in [3.63, 3.8) is 0 Å². The summed E-state index contributed by atoms with van der Waals surface area (Å²) < 4.78 is 44.3. The number of alkyl halides is 2. The highest BCUT2D eigenvalue weighted by molar-refractivity contribution is 5.45. The van der Waals surface area contributed by atoms with Gasteiger partial charge in [-0.15, -0.1) is 0 Å². The van der Waals surface area contributed by atoms with E-state index in [0.29, 0.717) is 12.1 Å². The van der Waals surface area contributed by atoms with Crippen molar-refractivity contribution >= 4 is 0 Å². The second-order valence-corrected chi connectivity index (χ2v) is 4.46. The van der Waals surface area contributed by atoms with Crippen LogP contribution in [0.15, 0.2) is 12.1 Å². The maximum Gasteiger partial charge on any atom is 0.267 e. The lowest BCUT2D eigenvalue weighted by Crippen LogP contribution is -2.28. The van der Waals surface area contributed by atoms with E-state index in [9.17, 15) is 13.2 Å². The van der Waals surface area contributed by atoms with Gasteiger partial charge in [0.15, 0.2) is 0 Å². The molecule has 1 atom stereocenters. The number of benzene rings is 1. The number of piperidine rings is 1. The molecule has 1 unspecified atom stereocenters. The molecule has 100 valence electrons. The summed E-state index contributed by atoms with van der Waals surface area (Å²) in [6.45, 7) is 1.58.